The van der Waals surface area contributed by atoms with Crippen molar-refractivity contribution in [3.05, 3.63) is 53.2 Å². The number of imidazole rings is 1. The molecular weight excluding hydrogens is 444 g/mol. The molecule has 3 aromatic rings. The molecule has 1 saturated carbocycles. The Hall–Kier alpha value is -3.77. The fourth-order valence-electron chi connectivity index (χ4n) is 4.54. The molecule has 4 rings (SSSR count). The second-order valence-corrected chi connectivity index (χ2v) is 8.85. The number of amides is 2. The van der Waals surface area contributed by atoms with Crippen molar-refractivity contribution in [2.24, 2.45) is 0 Å². The number of aromatic nitrogens is 3. The van der Waals surface area contributed by atoms with Crippen molar-refractivity contribution in [3.63, 3.8) is 0 Å². The summed E-state index contributed by atoms with van der Waals surface area (Å²) in [5, 5.41) is 12.0. The van der Waals surface area contributed by atoms with Gasteiger partial charge in [-0.25, -0.2) is 9.97 Å². The van der Waals surface area contributed by atoms with Gasteiger partial charge in [-0.05, 0) is 43.5 Å². The van der Waals surface area contributed by atoms with E-state index in [4.69, 9.17) is 10.00 Å². The summed E-state index contributed by atoms with van der Waals surface area (Å²) in [6.45, 7) is 1.07. The van der Waals surface area contributed by atoms with E-state index >= 15 is 0 Å². The molecule has 1 aliphatic carbocycles. The van der Waals surface area contributed by atoms with Gasteiger partial charge in [0.15, 0.2) is 5.65 Å². The number of nitrogens with one attached hydrogen (secondary N) is 1. The van der Waals surface area contributed by atoms with E-state index in [1.807, 2.05) is 22.6 Å². The highest BCUT2D eigenvalue weighted by atomic mass is 16.5. The summed E-state index contributed by atoms with van der Waals surface area (Å²) in [5.74, 6) is -0.112. The molecule has 9 nitrogen and oxygen atoms in total. The monoisotopic (exact) mass is 474 g/mol. The third-order valence-corrected chi connectivity index (χ3v) is 6.48. The van der Waals surface area contributed by atoms with Gasteiger partial charge in [-0.1, -0.05) is 25.3 Å². The van der Waals surface area contributed by atoms with Crippen LogP contribution in [0.1, 0.15) is 64.8 Å². The first-order valence-electron chi connectivity index (χ1n) is 12.0. The number of pyridine rings is 1. The highest BCUT2D eigenvalue weighted by Crippen LogP contribution is 2.25. The summed E-state index contributed by atoms with van der Waals surface area (Å²) >= 11 is 0. The van der Waals surface area contributed by atoms with E-state index in [0.29, 0.717) is 53.4 Å². The number of rotatable bonds is 8. The molecule has 0 radical (unpaired) electrons. The molecule has 182 valence electrons. The summed E-state index contributed by atoms with van der Waals surface area (Å²) in [7, 11) is 3.49. The van der Waals surface area contributed by atoms with Gasteiger partial charge in [-0.3, -0.25) is 19.5 Å². The maximum atomic E-state index is 13.2. The highest BCUT2D eigenvalue weighted by molar-refractivity contribution is 6.04. The smallest absolute Gasteiger partial charge is 0.258 e. The van der Waals surface area contributed by atoms with Crippen LogP contribution in [0.5, 0.6) is 0 Å². The summed E-state index contributed by atoms with van der Waals surface area (Å²) in [6.07, 6.45) is 7.84. The lowest BCUT2D eigenvalue weighted by Gasteiger charge is -2.31. The lowest BCUT2D eigenvalue weighted by Crippen LogP contribution is -2.38. The zero-order valence-electron chi connectivity index (χ0n) is 20.2. The molecule has 2 amide bonds. The van der Waals surface area contributed by atoms with Crippen LogP contribution in [0.3, 0.4) is 0 Å². The summed E-state index contributed by atoms with van der Waals surface area (Å²) < 4.78 is 7.00. The number of carbonyl (C=O) groups is 2. The SMILES string of the molecule is COCCCn1c(NC(=O)c2cccc(C#N)c2)nc2cc(C(=O)N(C)C3CCCCC3)cnc21. The molecule has 9 heteroatoms. The molecule has 2 aromatic heterocycles. The van der Waals surface area contributed by atoms with Gasteiger partial charge in [0, 0.05) is 45.1 Å². The second kappa shape index (κ2) is 11.1. The summed E-state index contributed by atoms with van der Waals surface area (Å²) in [6, 6.07) is 10.5. The minimum Gasteiger partial charge on any atom is -0.385 e. The molecule has 0 saturated heterocycles. The van der Waals surface area contributed by atoms with Crippen molar-refractivity contribution >= 4 is 28.9 Å². The maximum Gasteiger partial charge on any atom is 0.258 e. The number of methoxy groups -OCH3 is 1. The maximum absolute atomic E-state index is 13.2. The Morgan fingerprint density at radius 1 is 1.23 bits per heavy atom. The van der Waals surface area contributed by atoms with Crippen molar-refractivity contribution < 1.29 is 14.3 Å². The van der Waals surface area contributed by atoms with Crippen LogP contribution in [0, 0.1) is 11.3 Å². The molecule has 2 heterocycles. The third kappa shape index (κ3) is 5.49. The number of fused-ring (bicyclic) bond motifs is 1. The van der Waals surface area contributed by atoms with Crippen LogP contribution in [-0.4, -0.2) is 58.1 Å². The topological polar surface area (TPSA) is 113 Å². The Kier molecular flexibility index (Phi) is 7.73. The number of aryl methyl sites for hydroxylation is 1. The standard InChI is InChI=1S/C26H30N6O3/c1-31(21-10-4-3-5-11-21)25(34)20-15-22-23(28-17-20)32(12-7-13-35-2)26(29-22)30-24(33)19-9-6-8-18(14-19)16-27/h6,8-9,14-15,17,21H,3-5,7,10-13H2,1-2H3,(H,29,30,33). The average Bonchev–Trinajstić information content (AvgIpc) is 3.24. The summed E-state index contributed by atoms with van der Waals surface area (Å²) in [4.78, 5) is 37.0. The zero-order valence-corrected chi connectivity index (χ0v) is 20.2. The van der Waals surface area contributed by atoms with Gasteiger partial charge in [0.2, 0.25) is 5.95 Å². The van der Waals surface area contributed by atoms with Gasteiger partial charge in [-0.15, -0.1) is 0 Å². The zero-order chi connectivity index (χ0) is 24.8. The van der Waals surface area contributed by atoms with Gasteiger partial charge in [0.05, 0.1) is 17.2 Å². The first kappa shape index (κ1) is 24.4. The van der Waals surface area contributed by atoms with Gasteiger partial charge in [0.1, 0.15) is 5.52 Å². The quantitative estimate of drug-likeness (QED) is 0.494. The third-order valence-electron chi connectivity index (χ3n) is 6.48. The summed E-state index contributed by atoms with van der Waals surface area (Å²) in [5.41, 5.74) is 2.35. The molecule has 0 spiro atoms. The number of hydrogen-bond donors (Lipinski definition) is 1. The van der Waals surface area contributed by atoms with Crippen LogP contribution in [0.25, 0.3) is 11.2 Å². The number of ether oxygens (including phenoxy) is 1. The first-order chi connectivity index (χ1) is 17.0. The van der Waals surface area contributed by atoms with E-state index in [2.05, 4.69) is 15.3 Å². The van der Waals surface area contributed by atoms with E-state index < -0.39 is 0 Å². The van der Waals surface area contributed by atoms with Gasteiger partial charge in [-0.2, -0.15) is 5.26 Å². The molecule has 1 aliphatic rings. The minimum atomic E-state index is -0.376. The van der Waals surface area contributed by atoms with Gasteiger partial charge >= 0.3 is 0 Å². The molecule has 1 N–H and O–H groups in total. The first-order valence-corrected chi connectivity index (χ1v) is 12.0. The van der Waals surface area contributed by atoms with E-state index in [1.54, 1.807) is 37.6 Å². The largest absolute Gasteiger partial charge is 0.385 e. The second-order valence-electron chi connectivity index (χ2n) is 8.85. The van der Waals surface area contributed by atoms with E-state index in [9.17, 15) is 9.59 Å². The van der Waals surface area contributed by atoms with E-state index in [0.717, 1.165) is 25.7 Å². The van der Waals surface area contributed by atoms with Crippen LogP contribution in [-0.2, 0) is 11.3 Å². The van der Waals surface area contributed by atoms with E-state index in [-0.39, 0.29) is 17.9 Å². The fourth-order valence-corrected chi connectivity index (χ4v) is 4.54. The predicted octanol–water partition coefficient (Wildman–Crippen LogP) is 4.00. The van der Waals surface area contributed by atoms with Crippen LogP contribution in [0.4, 0.5) is 5.95 Å². The van der Waals surface area contributed by atoms with Crippen LogP contribution >= 0.6 is 0 Å². The van der Waals surface area contributed by atoms with Crippen molar-refractivity contribution in [1.82, 2.24) is 19.4 Å². The lowest BCUT2D eigenvalue weighted by molar-refractivity contribution is 0.0696. The molecule has 1 aromatic carbocycles. The molecule has 0 aliphatic heterocycles. The minimum absolute atomic E-state index is 0.0702. The highest BCUT2D eigenvalue weighted by Gasteiger charge is 2.24. The Labute approximate surface area is 204 Å². The lowest BCUT2D eigenvalue weighted by atomic mass is 9.94. The van der Waals surface area contributed by atoms with Gasteiger partial charge in [0.25, 0.3) is 11.8 Å². The Morgan fingerprint density at radius 3 is 2.77 bits per heavy atom. The number of nitriles is 1. The van der Waals surface area contributed by atoms with Crippen LogP contribution in [0.2, 0.25) is 0 Å². The molecule has 1 fully saturated rings. The number of nitrogens with zero attached hydrogens (tertiary/aromatic N) is 5. The number of benzene rings is 1. The Morgan fingerprint density at radius 2 is 2.03 bits per heavy atom. The fraction of sp³-hybridized carbons (Fsp3) is 0.423. The van der Waals surface area contributed by atoms with E-state index in [1.165, 1.54) is 12.5 Å². The molecule has 35 heavy (non-hydrogen) atoms. The van der Waals surface area contributed by atoms with Crippen LogP contribution in [0.15, 0.2) is 36.5 Å². The van der Waals surface area contributed by atoms with Crippen molar-refractivity contribution in [2.45, 2.75) is 51.1 Å². The molecule has 0 atom stereocenters. The Balaban J connectivity index is 1.62. The van der Waals surface area contributed by atoms with Crippen molar-refractivity contribution in [2.75, 3.05) is 26.1 Å². The molecule has 0 unspecified atom stereocenters. The van der Waals surface area contributed by atoms with Crippen molar-refractivity contribution in [3.8, 4) is 6.07 Å². The van der Waals surface area contributed by atoms with Gasteiger partial charge < -0.3 is 9.64 Å². The molecule has 0 bridgehead atoms. The number of hydrogen-bond acceptors (Lipinski definition) is 6. The number of carbonyl (C=O) groups excluding carboxylic acids is 2. The van der Waals surface area contributed by atoms with Crippen LogP contribution < -0.4 is 5.32 Å². The molecular formula is C26H30N6O3. The Bertz CT molecular complexity index is 1260. The number of anilines is 1. The average molecular weight is 475 g/mol. The predicted molar refractivity (Wildman–Crippen MR) is 132 cm³/mol. The van der Waals surface area contributed by atoms with Crippen molar-refractivity contribution in [1.29, 1.82) is 5.26 Å². The normalized spacial score (nSPS) is 14.0.